The molecule has 0 bridgehead atoms. The second kappa shape index (κ2) is 5.94. The van der Waals surface area contributed by atoms with E-state index in [1.54, 1.807) is 12.1 Å². The van der Waals surface area contributed by atoms with E-state index >= 15 is 0 Å². The van der Waals surface area contributed by atoms with E-state index in [2.05, 4.69) is 0 Å². The Balaban J connectivity index is 2.14. The average molecular weight is 293 g/mol. The molecule has 102 valence electrons. The van der Waals surface area contributed by atoms with Gasteiger partial charge in [-0.15, -0.1) is 0 Å². The van der Waals surface area contributed by atoms with Crippen molar-refractivity contribution in [2.75, 3.05) is 0 Å². The van der Waals surface area contributed by atoms with Gasteiger partial charge in [0.05, 0.1) is 0 Å². The summed E-state index contributed by atoms with van der Waals surface area (Å²) in [5.41, 5.74) is 3.19. The van der Waals surface area contributed by atoms with Crippen LogP contribution in [0.2, 0.25) is 5.02 Å². The maximum atomic E-state index is 12.7. The van der Waals surface area contributed by atoms with Gasteiger partial charge < -0.3 is 0 Å². The first kappa shape index (κ1) is 13.6. The minimum Gasteiger partial charge on any atom is -0.289 e. The number of hydrogen-bond acceptors (Lipinski definition) is 1. The number of benzene rings is 3. The van der Waals surface area contributed by atoms with E-state index in [1.165, 1.54) is 0 Å². The van der Waals surface area contributed by atoms with Gasteiger partial charge in [0.25, 0.3) is 0 Å². The molecule has 0 aliphatic carbocycles. The zero-order valence-corrected chi connectivity index (χ0v) is 12.0. The van der Waals surface area contributed by atoms with Gasteiger partial charge in [0.15, 0.2) is 5.78 Å². The third-order valence-electron chi connectivity index (χ3n) is 3.35. The molecule has 0 radical (unpaired) electrons. The van der Waals surface area contributed by atoms with Crippen molar-refractivity contribution in [3.8, 4) is 11.1 Å². The third kappa shape index (κ3) is 2.88. The molecule has 21 heavy (non-hydrogen) atoms. The van der Waals surface area contributed by atoms with Crippen LogP contribution in [0.3, 0.4) is 0 Å². The number of hydrogen-bond donors (Lipinski definition) is 0. The van der Waals surface area contributed by atoms with Crippen LogP contribution in [0, 0.1) is 0 Å². The van der Waals surface area contributed by atoms with Crippen LogP contribution >= 0.6 is 11.6 Å². The molecule has 3 rings (SSSR count). The average Bonchev–Trinajstić information content (AvgIpc) is 2.56. The molecule has 0 spiro atoms. The Labute approximate surface area is 128 Å². The van der Waals surface area contributed by atoms with Crippen molar-refractivity contribution in [1.82, 2.24) is 0 Å². The van der Waals surface area contributed by atoms with Gasteiger partial charge in [-0.25, -0.2) is 0 Å². The predicted octanol–water partition coefficient (Wildman–Crippen LogP) is 5.24. The molecule has 0 saturated heterocycles. The summed E-state index contributed by atoms with van der Waals surface area (Å²) in [6, 6.07) is 24.5. The first-order chi connectivity index (χ1) is 10.3. The van der Waals surface area contributed by atoms with Crippen molar-refractivity contribution in [3.05, 3.63) is 95.0 Å². The van der Waals surface area contributed by atoms with Crippen LogP contribution < -0.4 is 0 Å². The zero-order chi connectivity index (χ0) is 14.7. The minimum absolute atomic E-state index is 0.00567. The fraction of sp³-hybridized carbons (Fsp3) is 0. The van der Waals surface area contributed by atoms with Crippen LogP contribution in [0.15, 0.2) is 78.9 Å². The second-order valence-corrected chi connectivity index (χ2v) is 5.19. The van der Waals surface area contributed by atoms with Gasteiger partial charge >= 0.3 is 0 Å². The van der Waals surface area contributed by atoms with Crippen LogP contribution in [0.5, 0.6) is 0 Å². The van der Waals surface area contributed by atoms with E-state index < -0.39 is 0 Å². The third-order valence-corrected chi connectivity index (χ3v) is 3.58. The lowest BCUT2D eigenvalue weighted by Crippen LogP contribution is -2.03. The number of carbonyl (C=O) groups is 1. The first-order valence-corrected chi connectivity index (χ1v) is 7.08. The molecular weight excluding hydrogens is 280 g/mol. The molecule has 3 aromatic rings. The van der Waals surface area contributed by atoms with Gasteiger partial charge in [0.2, 0.25) is 0 Å². The van der Waals surface area contributed by atoms with Crippen LogP contribution in [-0.4, -0.2) is 5.78 Å². The molecular formula is C19H13ClO. The molecule has 0 atom stereocenters. The van der Waals surface area contributed by atoms with Gasteiger partial charge in [-0.2, -0.15) is 0 Å². The SMILES string of the molecule is O=C(c1ccccc1)c1ccc(Cl)cc1-c1ccccc1. The highest BCUT2D eigenvalue weighted by atomic mass is 35.5. The lowest BCUT2D eigenvalue weighted by molar-refractivity contribution is 0.103. The highest BCUT2D eigenvalue weighted by molar-refractivity contribution is 6.31. The van der Waals surface area contributed by atoms with Crippen LogP contribution in [0.4, 0.5) is 0 Å². The normalized spacial score (nSPS) is 10.3. The number of rotatable bonds is 3. The Morgan fingerprint density at radius 1 is 0.762 bits per heavy atom. The van der Waals surface area contributed by atoms with Crippen molar-refractivity contribution >= 4 is 17.4 Å². The number of halogens is 1. The standard InChI is InChI=1S/C19H13ClO/c20-16-11-12-17(19(21)15-9-5-2-6-10-15)18(13-16)14-7-3-1-4-8-14/h1-13H. The van der Waals surface area contributed by atoms with Crippen molar-refractivity contribution in [3.63, 3.8) is 0 Å². The molecule has 0 fully saturated rings. The Kier molecular flexibility index (Phi) is 3.85. The summed E-state index contributed by atoms with van der Waals surface area (Å²) < 4.78 is 0. The van der Waals surface area contributed by atoms with Gasteiger partial charge in [0, 0.05) is 16.1 Å². The summed E-state index contributed by atoms with van der Waals surface area (Å²) >= 11 is 6.11. The summed E-state index contributed by atoms with van der Waals surface area (Å²) in [6.07, 6.45) is 0. The van der Waals surface area contributed by atoms with E-state index in [0.29, 0.717) is 16.1 Å². The molecule has 0 aliphatic rings. The number of carbonyl (C=O) groups excluding carboxylic acids is 1. The van der Waals surface area contributed by atoms with E-state index in [1.807, 2.05) is 66.7 Å². The van der Waals surface area contributed by atoms with Crippen LogP contribution in [-0.2, 0) is 0 Å². The number of ketones is 1. The van der Waals surface area contributed by atoms with Crippen LogP contribution in [0.1, 0.15) is 15.9 Å². The van der Waals surface area contributed by atoms with E-state index in [4.69, 9.17) is 11.6 Å². The Hall–Kier alpha value is -2.38. The Bertz CT molecular complexity index is 764. The fourth-order valence-electron chi connectivity index (χ4n) is 2.32. The lowest BCUT2D eigenvalue weighted by Gasteiger charge is -2.10. The maximum absolute atomic E-state index is 12.7. The van der Waals surface area contributed by atoms with Gasteiger partial charge in [-0.1, -0.05) is 72.3 Å². The van der Waals surface area contributed by atoms with Crippen molar-refractivity contribution < 1.29 is 4.79 Å². The zero-order valence-electron chi connectivity index (χ0n) is 11.3. The highest BCUT2D eigenvalue weighted by Crippen LogP contribution is 2.28. The largest absolute Gasteiger partial charge is 0.289 e. The lowest BCUT2D eigenvalue weighted by atomic mass is 9.94. The molecule has 0 aromatic heterocycles. The molecule has 0 unspecified atom stereocenters. The summed E-state index contributed by atoms with van der Waals surface area (Å²) in [6.45, 7) is 0. The molecule has 2 heteroatoms. The quantitative estimate of drug-likeness (QED) is 0.603. The van der Waals surface area contributed by atoms with Crippen molar-refractivity contribution in [2.24, 2.45) is 0 Å². The monoisotopic (exact) mass is 292 g/mol. The van der Waals surface area contributed by atoms with Crippen molar-refractivity contribution in [1.29, 1.82) is 0 Å². The molecule has 0 heterocycles. The molecule has 3 aromatic carbocycles. The van der Waals surface area contributed by atoms with Gasteiger partial charge in [-0.05, 0) is 29.3 Å². The predicted molar refractivity (Wildman–Crippen MR) is 86.8 cm³/mol. The maximum Gasteiger partial charge on any atom is 0.193 e. The second-order valence-electron chi connectivity index (χ2n) is 4.75. The Morgan fingerprint density at radius 3 is 2.05 bits per heavy atom. The van der Waals surface area contributed by atoms with E-state index in [-0.39, 0.29) is 5.78 Å². The van der Waals surface area contributed by atoms with E-state index in [9.17, 15) is 4.79 Å². The molecule has 1 nitrogen and oxygen atoms in total. The summed E-state index contributed by atoms with van der Waals surface area (Å²) in [5, 5.41) is 0.624. The summed E-state index contributed by atoms with van der Waals surface area (Å²) in [7, 11) is 0. The topological polar surface area (TPSA) is 17.1 Å². The molecule has 0 N–H and O–H groups in total. The van der Waals surface area contributed by atoms with Crippen molar-refractivity contribution in [2.45, 2.75) is 0 Å². The van der Waals surface area contributed by atoms with Gasteiger partial charge in [0.1, 0.15) is 0 Å². The smallest absolute Gasteiger partial charge is 0.193 e. The summed E-state index contributed by atoms with van der Waals surface area (Å²) in [4.78, 5) is 12.7. The first-order valence-electron chi connectivity index (χ1n) is 6.70. The fourth-order valence-corrected chi connectivity index (χ4v) is 2.49. The molecule has 0 amide bonds. The Morgan fingerprint density at radius 2 is 1.38 bits per heavy atom. The molecule has 0 saturated carbocycles. The van der Waals surface area contributed by atoms with Gasteiger partial charge in [-0.3, -0.25) is 4.79 Å². The minimum atomic E-state index is 0.00567. The molecule has 0 aliphatic heterocycles. The van der Waals surface area contributed by atoms with Crippen LogP contribution in [0.25, 0.3) is 11.1 Å². The summed E-state index contributed by atoms with van der Waals surface area (Å²) in [5.74, 6) is 0.00567. The highest BCUT2D eigenvalue weighted by Gasteiger charge is 2.14. The van der Waals surface area contributed by atoms with E-state index in [0.717, 1.165) is 11.1 Å².